The van der Waals surface area contributed by atoms with E-state index in [2.05, 4.69) is 54.8 Å². The summed E-state index contributed by atoms with van der Waals surface area (Å²) < 4.78 is 49.3. The van der Waals surface area contributed by atoms with E-state index in [4.69, 9.17) is 18.5 Å². The van der Waals surface area contributed by atoms with Crippen LogP contribution in [-0.2, 0) is 41.8 Å². The van der Waals surface area contributed by atoms with E-state index >= 15 is 0 Å². The quantitative estimate of drug-likeness (QED) is 0.0131. The molecule has 1 rings (SSSR count). The molecule has 0 bridgehead atoms. The van der Waals surface area contributed by atoms with Gasteiger partial charge < -0.3 is 44.6 Å². The lowest BCUT2D eigenvalue weighted by Crippen LogP contribution is -2.64. The Morgan fingerprint density at radius 1 is 0.492 bits per heavy atom. The van der Waals surface area contributed by atoms with Crippen molar-refractivity contribution < 1.29 is 76.9 Å². The minimum absolute atomic E-state index is 0.0312. The summed E-state index contributed by atoms with van der Waals surface area (Å²) >= 11 is 0. The molecule has 8 atom stereocenters. The van der Waals surface area contributed by atoms with Crippen LogP contribution in [0.3, 0.4) is 0 Å². The van der Waals surface area contributed by atoms with Crippen molar-refractivity contribution in [2.24, 2.45) is 0 Å². The van der Waals surface area contributed by atoms with Gasteiger partial charge in [-0.25, -0.2) is 9.13 Å². The third-order valence-electron chi connectivity index (χ3n) is 10.9. The van der Waals surface area contributed by atoms with Crippen LogP contribution in [0.4, 0.5) is 0 Å². The van der Waals surface area contributed by atoms with E-state index in [1.807, 2.05) is 12.2 Å². The largest absolute Gasteiger partial charge is 0.472 e. The summed E-state index contributed by atoms with van der Waals surface area (Å²) in [5.41, 5.74) is 0. The summed E-state index contributed by atoms with van der Waals surface area (Å²) in [7, 11) is -10.7. The SMILES string of the molecule is CCCCC/C=C\C/C=C\C/C=C\C/C=C\CCCC(=O)O[C@H](COC(=O)CCCCCCCCCCCCCCCCC)COP(=O)(O)O[C@@H]1[C@H](O)[C@H](OP(=O)(O)O)[C@@H](O)[C@H](O)[C@H]1O. The molecule has 0 aromatic rings. The first kappa shape index (κ1) is 61.0. The highest BCUT2D eigenvalue weighted by Crippen LogP contribution is 2.49. The molecule has 1 aliphatic rings. The van der Waals surface area contributed by atoms with Gasteiger partial charge in [-0.05, 0) is 51.4 Å². The lowest BCUT2D eigenvalue weighted by Gasteiger charge is -2.43. The number of rotatable bonds is 40. The van der Waals surface area contributed by atoms with Gasteiger partial charge in [-0.2, -0.15) is 0 Å². The van der Waals surface area contributed by atoms with Crippen molar-refractivity contribution in [1.82, 2.24) is 0 Å². The molecule has 16 nitrogen and oxygen atoms in total. The zero-order valence-electron chi connectivity index (χ0n) is 39.2. The Bertz CT molecular complexity index is 1450. The summed E-state index contributed by atoms with van der Waals surface area (Å²) in [6.07, 6.45) is 27.9. The maximum absolute atomic E-state index is 13.0. The van der Waals surface area contributed by atoms with E-state index in [0.717, 1.165) is 51.4 Å². The van der Waals surface area contributed by atoms with Crippen molar-refractivity contribution in [1.29, 1.82) is 0 Å². The van der Waals surface area contributed by atoms with Crippen molar-refractivity contribution >= 4 is 27.6 Å². The number of phosphoric ester groups is 2. The van der Waals surface area contributed by atoms with Crippen LogP contribution in [0, 0.1) is 0 Å². The molecule has 1 unspecified atom stereocenters. The second kappa shape index (κ2) is 37.9. The molecule has 7 N–H and O–H groups in total. The van der Waals surface area contributed by atoms with E-state index < -0.39 is 83.5 Å². The maximum atomic E-state index is 13.0. The number of aliphatic hydroxyl groups is 4. The lowest BCUT2D eigenvalue weighted by atomic mass is 9.85. The van der Waals surface area contributed by atoms with E-state index in [1.54, 1.807) is 0 Å². The average Bonchev–Trinajstić information content (AvgIpc) is 3.26. The van der Waals surface area contributed by atoms with Crippen molar-refractivity contribution in [3.8, 4) is 0 Å². The van der Waals surface area contributed by atoms with Crippen LogP contribution in [-0.4, -0.2) is 103 Å². The molecule has 0 spiro atoms. The number of unbranched alkanes of at least 4 members (excludes halogenated alkanes) is 18. The highest BCUT2D eigenvalue weighted by atomic mass is 31.2. The lowest BCUT2D eigenvalue weighted by molar-refractivity contribution is -0.216. The monoisotopic (exact) mass is 967 g/mol. The number of allylic oxidation sites excluding steroid dienone is 8. The molecule has 1 fully saturated rings. The third-order valence-corrected chi connectivity index (χ3v) is 12.4. The number of hydrogen-bond acceptors (Lipinski definition) is 13. The topological polar surface area (TPSA) is 256 Å². The van der Waals surface area contributed by atoms with Crippen molar-refractivity contribution in [3.63, 3.8) is 0 Å². The Balaban J connectivity index is 2.63. The van der Waals surface area contributed by atoms with Gasteiger partial charge in [0.1, 0.15) is 43.2 Å². The molecule has 0 heterocycles. The predicted octanol–water partition coefficient (Wildman–Crippen LogP) is 9.29. The zero-order valence-corrected chi connectivity index (χ0v) is 40.9. The zero-order chi connectivity index (χ0) is 48.2. The van der Waals surface area contributed by atoms with Gasteiger partial charge in [0, 0.05) is 12.8 Å². The highest BCUT2D eigenvalue weighted by molar-refractivity contribution is 7.47. The average molecular weight is 967 g/mol. The first-order valence-electron chi connectivity index (χ1n) is 24.2. The Morgan fingerprint density at radius 2 is 0.908 bits per heavy atom. The molecule has 0 amide bonds. The number of carbonyl (C=O) groups excluding carboxylic acids is 2. The standard InChI is InChI=1S/C47H84O16P2/c1-3-5-7-9-11-13-15-17-19-20-22-24-26-28-30-32-34-36-41(49)61-39(37-59-40(48)35-33-31-29-27-25-23-21-18-16-14-12-10-8-6-4-2)38-60-65(57,58)63-47-44(52)42(50)43(51)46(45(47)53)62-64(54,55)56/h11,13,17,19,22,24,28,30,39,42-47,50-53H,3-10,12,14-16,18,20-21,23,25-27,29,31-38H2,1-2H3,(H,57,58)(H2,54,55,56)/b13-11-,19-17-,24-22-,30-28-/t39-,42+,43+,44-,45-,46-,47+/m1/s1. The summed E-state index contributed by atoms with van der Waals surface area (Å²) in [4.78, 5) is 54.3. The molecular formula is C47H84O16P2. The van der Waals surface area contributed by atoms with Crippen LogP contribution in [0.1, 0.15) is 181 Å². The molecule has 0 saturated heterocycles. The molecule has 0 radical (unpaired) electrons. The predicted molar refractivity (Wildman–Crippen MR) is 250 cm³/mol. The maximum Gasteiger partial charge on any atom is 0.472 e. The molecule has 0 aromatic carbocycles. The number of ether oxygens (including phenoxy) is 2. The van der Waals surface area contributed by atoms with Crippen LogP contribution in [0.5, 0.6) is 0 Å². The smallest absolute Gasteiger partial charge is 0.462 e. The summed E-state index contributed by atoms with van der Waals surface area (Å²) in [6, 6.07) is 0. The van der Waals surface area contributed by atoms with Crippen LogP contribution < -0.4 is 0 Å². The Hall–Kier alpha value is -2.04. The Labute approximate surface area is 388 Å². The fourth-order valence-electron chi connectivity index (χ4n) is 7.14. The molecule has 378 valence electrons. The van der Waals surface area contributed by atoms with Crippen LogP contribution in [0.25, 0.3) is 0 Å². The normalized spacial score (nSPS) is 22.0. The van der Waals surface area contributed by atoms with Gasteiger partial charge in [0.25, 0.3) is 0 Å². The van der Waals surface area contributed by atoms with Gasteiger partial charge >= 0.3 is 27.6 Å². The van der Waals surface area contributed by atoms with Gasteiger partial charge in [0.2, 0.25) is 0 Å². The summed E-state index contributed by atoms with van der Waals surface area (Å²) in [6.45, 7) is 3.04. The van der Waals surface area contributed by atoms with E-state index in [-0.39, 0.29) is 12.8 Å². The molecule has 65 heavy (non-hydrogen) atoms. The van der Waals surface area contributed by atoms with Gasteiger partial charge in [-0.1, -0.05) is 165 Å². The molecule has 0 aliphatic heterocycles. The van der Waals surface area contributed by atoms with Crippen molar-refractivity contribution in [3.05, 3.63) is 48.6 Å². The van der Waals surface area contributed by atoms with Gasteiger partial charge in [-0.15, -0.1) is 0 Å². The van der Waals surface area contributed by atoms with Gasteiger partial charge in [0.15, 0.2) is 6.10 Å². The van der Waals surface area contributed by atoms with Crippen LogP contribution >= 0.6 is 15.6 Å². The minimum atomic E-state index is -5.37. The fraction of sp³-hybridized carbons (Fsp3) is 0.787. The fourth-order valence-corrected chi connectivity index (χ4v) is 8.68. The number of esters is 2. The van der Waals surface area contributed by atoms with E-state index in [9.17, 15) is 53.8 Å². The van der Waals surface area contributed by atoms with Gasteiger partial charge in [0.05, 0.1) is 6.61 Å². The first-order valence-corrected chi connectivity index (χ1v) is 27.2. The highest BCUT2D eigenvalue weighted by Gasteiger charge is 2.54. The summed E-state index contributed by atoms with van der Waals surface area (Å²) in [5.74, 6) is -1.27. The molecule has 1 aliphatic carbocycles. The number of hydrogen-bond donors (Lipinski definition) is 7. The van der Waals surface area contributed by atoms with Crippen molar-refractivity contribution in [2.75, 3.05) is 13.2 Å². The number of carbonyl (C=O) groups is 2. The molecule has 0 aromatic heterocycles. The van der Waals surface area contributed by atoms with Crippen LogP contribution in [0.15, 0.2) is 48.6 Å². The summed E-state index contributed by atoms with van der Waals surface area (Å²) in [5, 5.41) is 41.2. The van der Waals surface area contributed by atoms with Crippen molar-refractivity contribution in [2.45, 2.75) is 224 Å². The number of phosphoric acid groups is 2. The third kappa shape index (κ3) is 32.4. The number of aliphatic hydroxyl groups excluding tert-OH is 4. The Morgan fingerprint density at radius 3 is 1.40 bits per heavy atom. The van der Waals surface area contributed by atoms with E-state index in [0.29, 0.717) is 19.3 Å². The second-order valence-electron chi connectivity index (χ2n) is 16.8. The minimum Gasteiger partial charge on any atom is -0.462 e. The Kier molecular flexibility index (Phi) is 35.5. The molecule has 1 saturated carbocycles. The molecule has 18 heteroatoms. The molecular weight excluding hydrogens is 882 g/mol. The van der Waals surface area contributed by atoms with Crippen LogP contribution in [0.2, 0.25) is 0 Å². The first-order chi connectivity index (χ1) is 31.1. The second-order valence-corrected chi connectivity index (χ2v) is 19.4. The van der Waals surface area contributed by atoms with E-state index in [1.165, 1.54) is 83.5 Å². The van der Waals surface area contributed by atoms with Gasteiger partial charge in [-0.3, -0.25) is 23.2 Å².